The van der Waals surface area contributed by atoms with E-state index in [1.807, 2.05) is 28.7 Å². The largest absolute Gasteiger partial charge is 0.456 e. The molecule has 0 unspecified atom stereocenters. The van der Waals surface area contributed by atoms with Crippen molar-refractivity contribution in [2.75, 3.05) is 20.1 Å². The van der Waals surface area contributed by atoms with E-state index in [1.54, 1.807) is 30.3 Å². The Kier molecular flexibility index (Phi) is 8.35. The van der Waals surface area contributed by atoms with Crippen LogP contribution >= 0.6 is 22.6 Å². The number of primary amides is 1. The average Bonchev–Trinajstić information content (AvgIpc) is 2.81. The number of Topliss-reactive ketones (excluding diaryl/α,β-unsaturated/α-hetero) is 1. The highest BCUT2D eigenvalue weighted by atomic mass is 127. The van der Waals surface area contributed by atoms with Gasteiger partial charge in [-0.25, -0.2) is 8.78 Å². The number of rotatable bonds is 8. The zero-order valence-electron chi connectivity index (χ0n) is 19.9. The first-order valence-electron chi connectivity index (χ1n) is 11.7. The van der Waals surface area contributed by atoms with E-state index in [0.29, 0.717) is 11.3 Å². The van der Waals surface area contributed by atoms with Crippen molar-refractivity contribution < 1.29 is 23.1 Å². The monoisotopic (exact) mass is 604 g/mol. The third-order valence-corrected chi connectivity index (χ3v) is 7.14. The third kappa shape index (κ3) is 6.47. The number of ether oxygens (including phenoxy) is 1. The number of benzene rings is 3. The van der Waals surface area contributed by atoms with E-state index in [1.165, 1.54) is 12.1 Å². The molecular formula is C28H27F2IN2O3. The molecule has 36 heavy (non-hydrogen) atoms. The van der Waals surface area contributed by atoms with E-state index in [-0.39, 0.29) is 41.4 Å². The van der Waals surface area contributed by atoms with Gasteiger partial charge in [0, 0.05) is 28.4 Å². The predicted octanol–water partition coefficient (Wildman–Crippen LogP) is 5.50. The fourth-order valence-electron chi connectivity index (χ4n) is 4.53. The number of piperidine rings is 1. The average molecular weight is 604 g/mol. The van der Waals surface area contributed by atoms with E-state index in [9.17, 15) is 18.4 Å². The summed E-state index contributed by atoms with van der Waals surface area (Å²) < 4.78 is 35.6. The molecule has 3 aromatic rings. The lowest BCUT2D eigenvalue weighted by atomic mass is 9.89. The van der Waals surface area contributed by atoms with Gasteiger partial charge in [0.1, 0.15) is 28.9 Å². The molecule has 2 N–H and O–H groups in total. The van der Waals surface area contributed by atoms with Crippen LogP contribution in [-0.2, 0) is 17.6 Å². The van der Waals surface area contributed by atoms with Gasteiger partial charge >= 0.3 is 0 Å². The van der Waals surface area contributed by atoms with Gasteiger partial charge in [0.05, 0.1) is 5.56 Å². The quantitative estimate of drug-likeness (QED) is 0.345. The van der Waals surface area contributed by atoms with Crippen LogP contribution < -0.4 is 10.5 Å². The van der Waals surface area contributed by atoms with Gasteiger partial charge in [0.25, 0.3) is 5.91 Å². The van der Waals surface area contributed by atoms with Crippen LogP contribution in [0.15, 0.2) is 54.6 Å². The fourth-order valence-corrected chi connectivity index (χ4v) is 4.98. The van der Waals surface area contributed by atoms with E-state index >= 15 is 0 Å². The van der Waals surface area contributed by atoms with Crippen molar-refractivity contribution in [1.82, 2.24) is 4.90 Å². The number of nitrogens with zero attached hydrogens (tertiary/aromatic N) is 1. The number of carbonyl (C=O) groups is 2. The Bertz CT molecular complexity index is 1290. The highest BCUT2D eigenvalue weighted by Gasteiger charge is 2.24. The molecule has 5 nitrogen and oxygen atoms in total. The van der Waals surface area contributed by atoms with E-state index in [4.69, 9.17) is 10.5 Å². The minimum atomic E-state index is -0.806. The summed E-state index contributed by atoms with van der Waals surface area (Å²) in [5.41, 5.74) is 6.94. The number of ketones is 1. The molecule has 3 aromatic carbocycles. The molecule has 1 aliphatic rings. The molecule has 8 heteroatoms. The summed E-state index contributed by atoms with van der Waals surface area (Å²) in [7, 11) is 2.05. The highest BCUT2D eigenvalue weighted by Crippen LogP contribution is 2.32. The Balaban J connectivity index is 1.57. The summed E-state index contributed by atoms with van der Waals surface area (Å²) in [6, 6.07) is 13.9. The predicted molar refractivity (Wildman–Crippen MR) is 142 cm³/mol. The van der Waals surface area contributed by atoms with Crippen molar-refractivity contribution in [2.45, 2.75) is 25.7 Å². The van der Waals surface area contributed by atoms with E-state index in [0.717, 1.165) is 41.1 Å². The van der Waals surface area contributed by atoms with Crippen molar-refractivity contribution in [3.8, 4) is 11.5 Å². The first-order valence-corrected chi connectivity index (χ1v) is 12.8. The number of amides is 1. The molecule has 1 saturated heterocycles. The Morgan fingerprint density at radius 3 is 2.50 bits per heavy atom. The van der Waals surface area contributed by atoms with Crippen LogP contribution in [-0.4, -0.2) is 36.7 Å². The summed E-state index contributed by atoms with van der Waals surface area (Å²) in [6.07, 6.45) is 1.94. The van der Waals surface area contributed by atoms with Crippen molar-refractivity contribution in [2.24, 2.45) is 11.7 Å². The molecule has 0 saturated carbocycles. The molecule has 0 atom stereocenters. The number of carbonyl (C=O) groups excluding carboxylic acids is 2. The highest BCUT2D eigenvalue weighted by molar-refractivity contribution is 14.1. The number of nitrogens with two attached hydrogens (primary N) is 1. The molecule has 1 fully saturated rings. The first kappa shape index (κ1) is 26.2. The normalized spacial score (nSPS) is 14.6. The van der Waals surface area contributed by atoms with Crippen molar-refractivity contribution in [3.05, 3.63) is 92.1 Å². The van der Waals surface area contributed by atoms with Crippen LogP contribution in [0.1, 0.15) is 39.9 Å². The molecule has 1 heterocycles. The lowest BCUT2D eigenvalue weighted by molar-refractivity contribution is -0.123. The van der Waals surface area contributed by atoms with E-state index in [2.05, 4.69) is 11.9 Å². The Hall–Kier alpha value is -2.85. The molecule has 0 spiro atoms. The van der Waals surface area contributed by atoms with Gasteiger partial charge in [-0.1, -0.05) is 18.2 Å². The molecule has 0 aliphatic carbocycles. The number of hydrogen-bond acceptors (Lipinski definition) is 4. The van der Waals surface area contributed by atoms with Crippen molar-refractivity contribution in [3.63, 3.8) is 0 Å². The van der Waals surface area contributed by atoms with Crippen LogP contribution in [0.4, 0.5) is 8.78 Å². The zero-order valence-corrected chi connectivity index (χ0v) is 22.1. The minimum absolute atomic E-state index is 0.0119. The second-order valence-corrected chi connectivity index (χ2v) is 10.4. The second kappa shape index (κ2) is 11.5. The number of likely N-dealkylation sites (tertiary alicyclic amines) is 1. The van der Waals surface area contributed by atoms with Crippen LogP contribution in [0, 0.1) is 21.1 Å². The molecule has 1 aliphatic heterocycles. The van der Waals surface area contributed by atoms with Gasteiger partial charge in [0.15, 0.2) is 0 Å². The molecule has 188 valence electrons. The summed E-state index contributed by atoms with van der Waals surface area (Å²) >= 11 is 2.00. The second-order valence-electron chi connectivity index (χ2n) is 9.18. The van der Waals surface area contributed by atoms with Gasteiger partial charge in [-0.05, 0) is 103 Å². The number of hydrogen-bond donors (Lipinski definition) is 1. The molecular weight excluding hydrogens is 577 g/mol. The van der Waals surface area contributed by atoms with Crippen molar-refractivity contribution >= 4 is 34.3 Å². The van der Waals surface area contributed by atoms with Gasteiger partial charge in [0.2, 0.25) is 0 Å². The van der Waals surface area contributed by atoms with Gasteiger partial charge < -0.3 is 15.4 Å². The number of halogens is 3. The molecule has 0 bridgehead atoms. The smallest absolute Gasteiger partial charge is 0.252 e. The lowest BCUT2D eigenvalue weighted by Gasteiger charge is -2.28. The maximum atomic E-state index is 14.6. The molecule has 0 aromatic heterocycles. The zero-order chi connectivity index (χ0) is 25.8. The molecule has 4 rings (SSSR count). The summed E-state index contributed by atoms with van der Waals surface area (Å²) in [5, 5.41) is 0. The third-order valence-electron chi connectivity index (χ3n) is 6.47. The van der Waals surface area contributed by atoms with Crippen molar-refractivity contribution in [1.29, 1.82) is 0 Å². The first-order chi connectivity index (χ1) is 17.2. The maximum Gasteiger partial charge on any atom is 0.252 e. The van der Waals surface area contributed by atoms with Crippen LogP contribution in [0.3, 0.4) is 0 Å². The molecule has 1 amide bonds. The van der Waals surface area contributed by atoms with Crippen LogP contribution in [0.25, 0.3) is 0 Å². The summed E-state index contributed by atoms with van der Waals surface area (Å²) in [6.45, 7) is 1.81. The Morgan fingerprint density at radius 1 is 1.06 bits per heavy atom. The van der Waals surface area contributed by atoms with Gasteiger partial charge in [-0.2, -0.15) is 0 Å². The van der Waals surface area contributed by atoms with Crippen LogP contribution in [0.2, 0.25) is 0 Å². The van der Waals surface area contributed by atoms with Gasteiger partial charge in [-0.3, -0.25) is 9.59 Å². The topological polar surface area (TPSA) is 72.6 Å². The lowest BCUT2D eigenvalue weighted by Crippen LogP contribution is -2.34. The summed E-state index contributed by atoms with van der Waals surface area (Å²) in [5.74, 6) is -1.37. The maximum absolute atomic E-state index is 14.6. The summed E-state index contributed by atoms with van der Waals surface area (Å²) in [4.78, 5) is 27.4. The van der Waals surface area contributed by atoms with Crippen LogP contribution in [0.5, 0.6) is 11.5 Å². The Labute approximate surface area is 222 Å². The van der Waals surface area contributed by atoms with Gasteiger partial charge in [-0.15, -0.1) is 0 Å². The molecule has 0 radical (unpaired) electrons. The Morgan fingerprint density at radius 2 is 1.81 bits per heavy atom. The minimum Gasteiger partial charge on any atom is -0.456 e. The SMILES string of the molecule is CN1CCC(C(=O)Cc2cccc(Oc3cc(F)cc(Cc4ccc(I)cc4F)c3C(N)=O)c2)CC1. The van der Waals surface area contributed by atoms with E-state index < -0.39 is 17.5 Å². The standard InChI is InChI=1S/C28H27F2IN2O3/c1-33-9-7-18(8-10-33)25(34)12-17-3-2-4-23(11-17)36-26-15-21(29)14-20(27(26)28(32)35)13-19-5-6-22(31)16-24(19)30/h2-6,11,14-16,18H,7-10,12-13H2,1H3,(H2,32,35). The fraction of sp³-hybridized carbons (Fsp3) is 0.286.